The van der Waals surface area contributed by atoms with E-state index >= 15 is 0 Å². The molecule has 0 aliphatic rings. The van der Waals surface area contributed by atoms with Gasteiger partial charge in [-0.15, -0.1) is 0 Å². The van der Waals surface area contributed by atoms with Crippen LogP contribution in [0.25, 0.3) is 0 Å². The third-order valence-corrected chi connectivity index (χ3v) is 3.28. The lowest BCUT2D eigenvalue weighted by Crippen LogP contribution is -2.28. The summed E-state index contributed by atoms with van der Waals surface area (Å²) in [5.41, 5.74) is 1.07. The molecule has 3 nitrogen and oxygen atoms in total. The number of halogens is 2. The van der Waals surface area contributed by atoms with Crippen LogP contribution in [0.2, 0.25) is 0 Å². The van der Waals surface area contributed by atoms with Crippen molar-refractivity contribution in [3.63, 3.8) is 0 Å². The average Bonchev–Trinajstić information content (AvgIpc) is 2.55. The molecule has 0 atom stereocenters. The second kappa shape index (κ2) is 7.41. The summed E-state index contributed by atoms with van der Waals surface area (Å²) >= 11 is 0. The minimum absolute atomic E-state index is 0.339. The van der Waals surface area contributed by atoms with Crippen LogP contribution in [-0.4, -0.2) is 19.7 Å². The Morgan fingerprint density at radius 2 is 1.91 bits per heavy atom. The molecule has 22 heavy (non-hydrogen) atoms. The molecule has 0 aliphatic carbocycles. The van der Waals surface area contributed by atoms with Crippen LogP contribution in [0.1, 0.15) is 12.5 Å². The highest BCUT2D eigenvalue weighted by molar-refractivity contribution is 5.47. The van der Waals surface area contributed by atoms with Gasteiger partial charge in [-0.2, -0.15) is 5.26 Å². The van der Waals surface area contributed by atoms with E-state index in [2.05, 4.69) is 6.07 Å². The summed E-state index contributed by atoms with van der Waals surface area (Å²) in [7, 11) is 0. The third-order valence-electron chi connectivity index (χ3n) is 3.28. The van der Waals surface area contributed by atoms with E-state index in [4.69, 9.17) is 10.00 Å². The van der Waals surface area contributed by atoms with Gasteiger partial charge in [-0.1, -0.05) is 12.1 Å². The second-order valence-corrected chi connectivity index (χ2v) is 4.63. The molecule has 0 radical (unpaired) electrons. The number of nitrogens with zero attached hydrogens (tertiary/aromatic N) is 2. The lowest BCUT2D eigenvalue weighted by atomic mass is 10.2. The van der Waals surface area contributed by atoms with Gasteiger partial charge in [0.2, 0.25) is 0 Å². The first-order valence-corrected chi connectivity index (χ1v) is 6.97. The Kier molecular flexibility index (Phi) is 5.31. The van der Waals surface area contributed by atoms with Crippen molar-refractivity contribution in [2.75, 3.05) is 24.6 Å². The van der Waals surface area contributed by atoms with Gasteiger partial charge in [0.25, 0.3) is 0 Å². The first kappa shape index (κ1) is 15.8. The van der Waals surface area contributed by atoms with Crippen LogP contribution in [-0.2, 0) is 0 Å². The molecule has 0 saturated carbocycles. The fourth-order valence-corrected chi connectivity index (χ4v) is 2.10. The molecule has 0 N–H and O–H groups in total. The maximum atomic E-state index is 13.3. The highest BCUT2D eigenvalue weighted by Gasteiger charge is 2.09. The zero-order chi connectivity index (χ0) is 15.9. The van der Waals surface area contributed by atoms with Crippen LogP contribution < -0.4 is 9.64 Å². The molecular formula is C17H16F2N2O. The van der Waals surface area contributed by atoms with E-state index in [0.717, 1.165) is 6.07 Å². The molecule has 0 spiro atoms. The Morgan fingerprint density at radius 1 is 1.14 bits per heavy atom. The van der Waals surface area contributed by atoms with Crippen LogP contribution in [0, 0.1) is 23.0 Å². The van der Waals surface area contributed by atoms with Crippen LogP contribution in [0.15, 0.2) is 42.5 Å². The summed E-state index contributed by atoms with van der Waals surface area (Å²) in [6, 6.07) is 12.9. The molecule has 0 fully saturated rings. The zero-order valence-electron chi connectivity index (χ0n) is 12.2. The number of hydrogen-bond donors (Lipinski definition) is 0. The standard InChI is InChI=1S/C17H16F2N2O/c1-2-21(14-7-8-15(18)16(19)11-14)9-10-22-17-6-4-3-5-13(17)12-20/h3-8,11H,2,9-10H2,1H3. The van der Waals surface area contributed by atoms with Crippen molar-refractivity contribution < 1.29 is 13.5 Å². The van der Waals surface area contributed by atoms with Gasteiger partial charge in [0.05, 0.1) is 12.1 Å². The second-order valence-electron chi connectivity index (χ2n) is 4.63. The Labute approximate surface area is 128 Å². The summed E-state index contributed by atoms with van der Waals surface area (Å²) < 4.78 is 31.9. The molecule has 0 aliphatic heterocycles. The monoisotopic (exact) mass is 302 g/mol. The van der Waals surface area contributed by atoms with E-state index < -0.39 is 11.6 Å². The van der Waals surface area contributed by atoms with Crippen molar-refractivity contribution in [3.8, 4) is 11.8 Å². The third kappa shape index (κ3) is 3.73. The first-order chi connectivity index (χ1) is 10.7. The summed E-state index contributed by atoms with van der Waals surface area (Å²) in [6.45, 7) is 3.39. The Bertz CT molecular complexity index is 683. The van der Waals surface area contributed by atoms with Crippen LogP contribution in [0.4, 0.5) is 14.5 Å². The zero-order valence-corrected chi connectivity index (χ0v) is 12.2. The number of nitriles is 1. The molecule has 2 aromatic carbocycles. The number of likely N-dealkylation sites (N-methyl/N-ethyl adjacent to an activating group) is 1. The van der Waals surface area contributed by atoms with Gasteiger partial charge in [-0.05, 0) is 31.2 Å². The van der Waals surface area contributed by atoms with Crippen molar-refractivity contribution in [1.82, 2.24) is 0 Å². The summed E-state index contributed by atoms with van der Waals surface area (Å²) in [5.74, 6) is -1.21. The van der Waals surface area contributed by atoms with Crippen LogP contribution >= 0.6 is 0 Å². The van der Waals surface area contributed by atoms with Crippen molar-refractivity contribution in [3.05, 3.63) is 59.7 Å². The van der Waals surface area contributed by atoms with E-state index in [1.165, 1.54) is 12.1 Å². The average molecular weight is 302 g/mol. The summed E-state index contributed by atoms with van der Waals surface area (Å²) in [4.78, 5) is 1.87. The SMILES string of the molecule is CCN(CCOc1ccccc1C#N)c1ccc(F)c(F)c1. The van der Waals surface area contributed by atoms with E-state index in [-0.39, 0.29) is 0 Å². The number of para-hydroxylation sites is 1. The maximum absolute atomic E-state index is 13.3. The predicted octanol–water partition coefficient (Wildman–Crippen LogP) is 3.74. The number of ether oxygens (including phenoxy) is 1. The molecule has 114 valence electrons. The Balaban J connectivity index is 1.99. The molecule has 0 aromatic heterocycles. The molecule has 0 heterocycles. The van der Waals surface area contributed by atoms with Gasteiger partial charge < -0.3 is 9.64 Å². The first-order valence-electron chi connectivity index (χ1n) is 6.97. The van der Waals surface area contributed by atoms with E-state index in [9.17, 15) is 8.78 Å². The van der Waals surface area contributed by atoms with Gasteiger partial charge in [-0.25, -0.2) is 8.78 Å². The largest absolute Gasteiger partial charge is 0.490 e. The quantitative estimate of drug-likeness (QED) is 0.815. The molecule has 0 amide bonds. The summed E-state index contributed by atoms with van der Waals surface area (Å²) in [5, 5.41) is 8.99. The summed E-state index contributed by atoms with van der Waals surface area (Å²) in [6.07, 6.45) is 0. The van der Waals surface area contributed by atoms with E-state index in [1.54, 1.807) is 24.3 Å². The smallest absolute Gasteiger partial charge is 0.160 e. The number of anilines is 1. The van der Waals surface area contributed by atoms with Crippen molar-refractivity contribution in [1.29, 1.82) is 5.26 Å². The minimum atomic E-state index is -0.869. The highest BCUT2D eigenvalue weighted by atomic mass is 19.2. The van der Waals surface area contributed by atoms with Gasteiger partial charge in [0.15, 0.2) is 11.6 Å². The molecule has 0 saturated heterocycles. The van der Waals surface area contributed by atoms with E-state index in [0.29, 0.717) is 36.7 Å². The number of rotatable bonds is 6. The van der Waals surface area contributed by atoms with Gasteiger partial charge in [0, 0.05) is 18.3 Å². The maximum Gasteiger partial charge on any atom is 0.160 e. The van der Waals surface area contributed by atoms with Gasteiger partial charge in [-0.3, -0.25) is 0 Å². The lowest BCUT2D eigenvalue weighted by molar-refractivity contribution is 0.323. The molecule has 2 rings (SSSR count). The topological polar surface area (TPSA) is 36.3 Å². The number of hydrogen-bond acceptors (Lipinski definition) is 3. The Hall–Kier alpha value is -2.61. The molecular weight excluding hydrogens is 286 g/mol. The van der Waals surface area contributed by atoms with Gasteiger partial charge in [0.1, 0.15) is 18.4 Å². The van der Waals surface area contributed by atoms with Crippen LogP contribution in [0.3, 0.4) is 0 Å². The minimum Gasteiger partial charge on any atom is -0.490 e. The van der Waals surface area contributed by atoms with Crippen molar-refractivity contribution in [2.24, 2.45) is 0 Å². The molecule has 0 bridgehead atoms. The molecule has 0 unspecified atom stereocenters. The van der Waals surface area contributed by atoms with Crippen molar-refractivity contribution in [2.45, 2.75) is 6.92 Å². The fourth-order valence-electron chi connectivity index (χ4n) is 2.10. The predicted molar refractivity (Wildman–Crippen MR) is 80.9 cm³/mol. The van der Waals surface area contributed by atoms with E-state index in [1.807, 2.05) is 11.8 Å². The molecule has 5 heteroatoms. The van der Waals surface area contributed by atoms with Crippen LogP contribution in [0.5, 0.6) is 5.75 Å². The number of benzene rings is 2. The lowest BCUT2D eigenvalue weighted by Gasteiger charge is -2.23. The van der Waals surface area contributed by atoms with Gasteiger partial charge >= 0.3 is 0 Å². The molecule has 2 aromatic rings. The highest BCUT2D eigenvalue weighted by Crippen LogP contribution is 2.19. The Morgan fingerprint density at radius 3 is 2.59 bits per heavy atom. The van der Waals surface area contributed by atoms with Crippen molar-refractivity contribution >= 4 is 5.69 Å². The fraction of sp³-hybridized carbons (Fsp3) is 0.235. The normalized spacial score (nSPS) is 10.1.